The van der Waals surface area contributed by atoms with Crippen LogP contribution in [0.4, 0.5) is 0 Å². The lowest BCUT2D eigenvalue weighted by atomic mass is 10.0. The van der Waals surface area contributed by atoms with Crippen molar-refractivity contribution in [2.24, 2.45) is 0 Å². The summed E-state index contributed by atoms with van der Waals surface area (Å²) < 4.78 is 9.72. The van der Waals surface area contributed by atoms with Gasteiger partial charge in [-0.25, -0.2) is 4.98 Å². The summed E-state index contributed by atoms with van der Waals surface area (Å²) in [5.41, 5.74) is 7.80. The monoisotopic (exact) mass is 516 g/mol. The highest BCUT2D eigenvalue weighted by atomic mass is 32.1. The van der Waals surface area contributed by atoms with Crippen LogP contribution in [0.15, 0.2) is 126 Å². The highest BCUT2D eigenvalue weighted by molar-refractivity contribution is 7.25. The molecule has 0 spiro atoms. The molecule has 0 N–H and O–H groups in total. The zero-order chi connectivity index (χ0) is 25.5. The molecule has 0 aliphatic rings. The second-order valence-corrected chi connectivity index (χ2v) is 11.1. The average molecular weight is 517 g/mol. The molecule has 0 fully saturated rings. The van der Waals surface area contributed by atoms with Crippen LogP contribution >= 0.6 is 11.3 Å². The second-order valence-electron chi connectivity index (χ2n) is 10.0. The van der Waals surface area contributed by atoms with E-state index in [1.807, 2.05) is 24.4 Å². The van der Waals surface area contributed by atoms with Gasteiger partial charge in [-0.1, -0.05) is 48.5 Å². The highest BCUT2D eigenvalue weighted by Crippen LogP contribution is 2.39. The lowest BCUT2D eigenvalue weighted by Crippen LogP contribution is -1.93. The SMILES string of the molecule is c1ccc2c(c1)oc1ccc(-c3ccc4c(c3)c3ccccc3n4-c3ccc4sc5ncccc5c4c3)cc12. The quantitative estimate of drug-likeness (QED) is 0.229. The number of rotatable bonds is 2. The third kappa shape index (κ3) is 3.01. The maximum atomic E-state index is 6.07. The largest absolute Gasteiger partial charge is 0.456 e. The molecule has 4 heteroatoms. The summed E-state index contributed by atoms with van der Waals surface area (Å²) in [5.74, 6) is 0. The Morgan fingerprint density at radius 1 is 0.538 bits per heavy atom. The van der Waals surface area contributed by atoms with E-state index in [1.54, 1.807) is 11.3 Å². The van der Waals surface area contributed by atoms with E-state index in [0.29, 0.717) is 0 Å². The summed E-state index contributed by atoms with van der Waals surface area (Å²) in [6, 6.07) is 41.3. The molecule has 9 aromatic rings. The summed E-state index contributed by atoms with van der Waals surface area (Å²) in [6.45, 7) is 0. The molecule has 0 atom stereocenters. The second kappa shape index (κ2) is 7.79. The maximum Gasteiger partial charge on any atom is 0.135 e. The van der Waals surface area contributed by atoms with Gasteiger partial charge in [0.2, 0.25) is 0 Å². The minimum absolute atomic E-state index is 0.921. The molecule has 3 nitrogen and oxygen atoms in total. The molecule has 0 saturated heterocycles. The van der Waals surface area contributed by atoms with E-state index >= 15 is 0 Å². The number of pyridine rings is 1. The molecule has 0 unspecified atom stereocenters. The van der Waals surface area contributed by atoms with Gasteiger partial charge in [-0.15, -0.1) is 11.3 Å². The first-order valence-corrected chi connectivity index (χ1v) is 13.9. The number of hydrogen-bond acceptors (Lipinski definition) is 3. The number of benzene rings is 5. The number of thiophene rings is 1. The van der Waals surface area contributed by atoms with Crippen LogP contribution < -0.4 is 0 Å². The predicted molar refractivity (Wildman–Crippen MR) is 164 cm³/mol. The molecule has 4 heterocycles. The lowest BCUT2D eigenvalue weighted by Gasteiger charge is -2.09. The van der Waals surface area contributed by atoms with Crippen LogP contribution in [0.5, 0.6) is 0 Å². The van der Waals surface area contributed by atoms with E-state index in [0.717, 1.165) is 32.5 Å². The van der Waals surface area contributed by atoms with Crippen molar-refractivity contribution in [1.29, 1.82) is 0 Å². The number of furan rings is 1. The zero-order valence-corrected chi connectivity index (χ0v) is 21.6. The minimum atomic E-state index is 0.921. The van der Waals surface area contributed by atoms with E-state index in [-0.39, 0.29) is 0 Å². The van der Waals surface area contributed by atoms with Crippen LogP contribution in [0.1, 0.15) is 0 Å². The van der Waals surface area contributed by atoms with E-state index < -0.39 is 0 Å². The average Bonchev–Trinajstić information content (AvgIpc) is 3.65. The van der Waals surface area contributed by atoms with Gasteiger partial charge < -0.3 is 8.98 Å². The Labute approximate surface area is 227 Å². The predicted octanol–water partition coefficient (Wildman–Crippen LogP) is 10.1. The first-order chi connectivity index (χ1) is 19.3. The Morgan fingerprint density at radius 2 is 1.28 bits per heavy atom. The Morgan fingerprint density at radius 3 is 2.23 bits per heavy atom. The first-order valence-electron chi connectivity index (χ1n) is 13.0. The number of fused-ring (bicyclic) bond motifs is 9. The van der Waals surface area contributed by atoms with Crippen LogP contribution in [-0.2, 0) is 0 Å². The summed E-state index contributed by atoms with van der Waals surface area (Å²) in [7, 11) is 0. The number of nitrogens with zero attached hydrogens (tertiary/aromatic N) is 2. The summed E-state index contributed by atoms with van der Waals surface area (Å²) >= 11 is 1.75. The molecule has 0 aliphatic carbocycles. The van der Waals surface area contributed by atoms with Crippen LogP contribution in [0, 0.1) is 0 Å². The van der Waals surface area contributed by atoms with Crippen molar-refractivity contribution in [3.63, 3.8) is 0 Å². The Balaban J connectivity index is 1.28. The Kier molecular flexibility index (Phi) is 4.21. The fourth-order valence-corrected chi connectivity index (χ4v) is 7.10. The molecule has 0 radical (unpaired) electrons. The van der Waals surface area contributed by atoms with Crippen molar-refractivity contribution >= 4 is 75.4 Å². The Bertz CT molecular complexity index is 2410. The molecule has 4 aromatic heterocycles. The van der Waals surface area contributed by atoms with E-state index in [1.165, 1.54) is 48.4 Å². The minimum Gasteiger partial charge on any atom is -0.456 e. The van der Waals surface area contributed by atoms with Gasteiger partial charge in [-0.05, 0) is 77.9 Å². The van der Waals surface area contributed by atoms with Crippen molar-refractivity contribution in [1.82, 2.24) is 9.55 Å². The van der Waals surface area contributed by atoms with Crippen molar-refractivity contribution in [3.8, 4) is 16.8 Å². The normalized spacial score (nSPS) is 12.1. The van der Waals surface area contributed by atoms with E-state index in [9.17, 15) is 0 Å². The van der Waals surface area contributed by atoms with E-state index in [2.05, 4.69) is 107 Å². The van der Waals surface area contributed by atoms with Crippen molar-refractivity contribution in [2.75, 3.05) is 0 Å². The van der Waals surface area contributed by atoms with Gasteiger partial charge in [-0.3, -0.25) is 0 Å². The van der Waals surface area contributed by atoms with Gasteiger partial charge >= 0.3 is 0 Å². The standard InChI is InChI=1S/C35H20N2OS/c1-3-9-30-24(6-1)27-18-21(22-12-15-33-28(19-22)25-7-2-4-10-32(25)38-33)11-14-31(27)37(30)23-13-16-34-29(20-23)26-8-5-17-36-35(26)39-34/h1-20H. The molecular formula is C35H20N2OS. The van der Waals surface area contributed by atoms with Crippen molar-refractivity contribution in [3.05, 3.63) is 121 Å². The summed E-state index contributed by atoms with van der Waals surface area (Å²) in [6.07, 6.45) is 1.87. The zero-order valence-electron chi connectivity index (χ0n) is 20.8. The fraction of sp³-hybridized carbons (Fsp3) is 0. The maximum absolute atomic E-state index is 6.07. The molecule has 39 heavy (non-hydrogen) atoms. The number of aromatic nitrogens is 2. The summed E-state index contributed by atoms with van der Waals surface area (Å²) in [4.78, 5) is 5.67. The van der Waals surface area contributed by atoms with Gasteiger partial charge in [0.1, 0.15) is 16.0 Å². The Hall–Kier alpha value is -4.93. The van der Waals surface area contributed by atoms with E-state index in [4.69, 9.17) is 4.42 Å². The van der Waals surface area contributed by atoms with Crippen molar-refractivity contribution < 1.29 is 4.42 Å². The highest BCUT2D eigenvalue weighted by Gasteiger charge is 2.15. The molecule has 5 aromatic carbocycles. The molecule has 0 amide bonds. The number of para-hydroxylation sites is 2. The van der Waals surface area contributed by atoms with Crippen LogP contribution in [0.25, 0.3) is 80.9 Å². The molecule has 9 rings (SSSR count). The van der Waals surface area contributed by atoms with Gasteiger partial charge in [0.15, 0.2) is 0 Å². The lowest BCUT2D eigenvalue weighted by molar-refractivity contribution is 0.669. The number of hydrogen-bond donors (Lipinski definition) is 0. The van der Waals surface area contributed by atoms with Crippen LogP contribution in [0.2, 0.25) is 0 Å². The molecule has 0 aliphatic heterocycles. The molecule has 0 bridgehead atoms. The van der Waals surface area contributed by atoms with Crippen LogP contribution in [0.3, 0.4) is 0 Å². The first kappa shape index (κ1) is 21.1. The van der Waals surface area contributed by atoms with Gasteiger partial charge in [0.05, 0.1) is 11.0 Å². The molecule has 0 saturated carbocycles. The van der Waals surface area contributed by atoms with Gasteiger partial charge in [0, 0.05) is 48.9 Å². The van der Waals surface area contributed by atoms with Gasteiger partial charge in [0.25, 0.3) is 0 Å². The topological polar surface area (TPSA) is 31.0 Å². The molecule has 182 valence electrons. The summed E-state index contributed by atoms with van der Waals surface area (Å²) in [5, 5.41) is 7.27. The van der Waals surface area contributed by atoms with Gasteiger partial charge in [-0.2, -0.15) is 0 Å². The van der Waals surface area contributed by atoms with Crippen molar-refractivity contribution in [2.45, 2.75) is 0 Å². The third-order valence-electron chi connectivity index (χ3n) is 7.87. The molecular weight excluding hydrogens is 496 g/mol. The third-order valence-corrected chi connectivity index (χ3v) is 8.97. The smallest absolute Gasteiger partial charge is 0.135 e. The van der Waals surface area contributed by atoms with Crippen LogP contribution in [-0.4, -0.2) is 9.55 Å². The fourth-order valence-electron chi connectivity index (χ4n) is 6.07.